The van der Waals surface area contributed by atoms with Gasteiger partial charge in [-0.15, -0.1) is 0 Å². The lowest BCUT2D eigenvalue weighted by atomic mass is 10.1. The highest BCUT2D eigenvalue weighted by Gasteiger charge is 2.11. The molecule has 1 heterocycles. The summed E-state index contributed by atoms with van der Waals surface area (Å²) in [5.41, 5.74) is 3.06. The Bertz CT molecular complexity index is 837. The van der Waals surface area contributed by atoms with Crippen molar-refractivity contribution in [2.24, 2.45) is 0 Å². The van der Waals surface area contributed by atoms with Crippen molar-refractivity contribution in [1.82, 2.24) is 10.3 Å². The van der Waals surface area contributed by atoms with E-state index in [4.69, 9.17) is 9.15 Å². The average Bonchev–Trinajstić information content (AvgIpc) is 3.01. The van der Waals surface area contributed by atoms with Gasteiger partial charge < -0.3 is 14.5 Å². The number of hydrogen-bond donors (Lipinski definition) is 1. The molecule has 3 rings (SSSR count). The lowest BCUT2D eigenvalue weighted by molar-refractivity contribution is 0.0953. The molecular weight excluding hydrogens is 304 g/mol. The molecule has 0 saturated heterocycles. The van der Waals surface area contributed by atoms with Gasteiger partial charge in [0.15, 0.2) is 11.5 Å². The molecule has 0 radical (unpaired) electrons. The second kappa shape index (κ2) is 7.17. The van der Waals surface area contributed by atoms with Crippen molar-refractivity contribution in [1.29, 1.82) is 0 Å². The van der Waals surface area contributed by atoms with Crippen molar-refractivity contribution in [2.45, 2.75) is 19.8 Å². The smallest absolute Gasteiger partial charge is 0.251 e. The van der Waals surface area contributed by atoms with Crippen LogP contribution < -0.4 is 10.1 Å². The number of carbonyl (C=O) groups is 1. The number of nitrogens with one attached hydrogen (secondary N) is 1. The molecule has 2 aromatic carbocycles. The topological polar surface area (TPSA) is 64.4 Å². The van der Waals surface area contributed by atoms with Crippen molar-refractivity contribution in [3.63, 3.8) is 0 Å². The number of ether oxygens (including phenoxy) is 1. The van der Waals surface area contributed by atoms with E-state index in [1.807, 2.05) is 37.3 Å². The highest BCUT2D eigenvalue weighted by Crippen LogP contribution is 2.20. The first-order chi connectivity index (χ1) is 11.7. The molecule has 0 bridgehead atoms. The zero-order chi connectivity index (χ0) is 16.9. The number of carbonyl (C=O) groups excluding carboxylic acids is 1. The largest absolute Gasteiger partial charge is 0.497 e. The van der Waals surface area contributed by atoms with Gasteiger partial charge in [-0.2, -0.15) is 0 Å². The standard InChI is InChI=1S/C19H20N2O3/c1-3-10-20-19(22)14-6-9-16-17(12-14)24-18(21-16)11-13-4-7-15(23-2)8-5-13/h4-9,12H,3,10-11H2,1-2H3,(H,20,22). The molecule has 0 atom stereocenters. The Morgan fingerprint density at radius 3 is 2.71 bits per heavy atom. The number of fused-ring (bicyclic) bond motifs is 1. The Kier molecular flexibility index (Phi) is 4.79. The lowest BCUT2D eigenvalue weighted by Crippen LogP contribution is -2.23. The third-order valence-electron chi connectivity index (χ3n) is 3.74. The van der Waals surface area contributed by atoms with Crippen LogP contribution in [0, 0.1) is 0 Å². The fraction of sp³-hybridized carbons (Fsp3) is 0.263. The van der Waals surface area contributed by atoms with Crippen LogP contribution in [-0.4, -0.2) is 24.5 Å². The molecular formula is C19H20N2O3. The predicted molar refractivity (Wildman–Crippen MR) is 92.4 cm³/mol. The summed E-state index contributed by atoms with van der Waals surface area (Å²) in [5, 5.41) is 2.86. The molecule has 0 fully saturated rings. The fourth-order valence-corrected chi connectivity index (χ4v) is 2.45. The van der Waals surface area contributed by atoms with Crippen molar-refractivity contribution in [3.8, 4) is 5.75 Å². The summed E-state index contributed by atoms with van der Waals surface area (Å²) in [6.07, 6.45) is 1.50. The highest BCUT2D eigenvalue weighted by molar-refractivity contribution is 5.96. The van der Waals surface area contributed by atoms with Gasteiger partial charge in [-0.05, 0) is 42.3 Å². The predicted octanol–water partition coefficient (Wildman–Crippen LogP) is 3.57. The number of rotatable bonds is 6. The molecule has 0 spiro atoms. The summed E-state index contributed by atoms with van der Waals surface area (Å²) in [6, 6.07) is 13.1. The average molecular weight is 324 g/mol. The number of hydrogen-bond acceptors (Lipinski definition) is 4. The SMILES string of the molecule is CCCNC(=O)c1ccc2nc(Cc3ccc(OC)cc3)oc2c1. The summed E-state index contributed by atoms with van der Waals surface area (Å²) < 4.78 is 11.0. The van der Waals surface area contributed by atoms with E-state index in [1.54, 1.807) is 19.2 Å². The third kappa shape index (κ3) is 3.56. The van der Waals surface area contributed by atoms with Gasteiger partial charge in [0.05, 0.1) is 7.11 Å². The van der Waals surface area contributed by atoms with Crippen LogP contribution in [0.25, 0.3) is 11.1 Å². The molecule has 24 heavy (non-hydrogen) atoms. The molecule has 3 aromatic rings. The molecule has 5 nitrogen and oxygen atoms in total. The molecule has 0 aliphatic rings. The molecule has 124 valence electrons. The van der Waals surface area contributed by atoms with E-state index in [-0.39, 0.29) is 5.91 Å². The van der Waals surface area contributed by atoms with E-state index < -0.39 is 0 Å². The highest BCUT2D eigenvalue weighted by atomic mass is 16.5. The van der Waals surface area contributed by atoms with E-state index in [2.05, 4.69) is 10.3 Å². The minimum Gasteiger partial charge on any atom is -0.497 e. The maximum atomic E-state index is 12.0. The van der Waals surface area contributed by atoms with Crippen molar-refractivity contribution in [2.75, 3.05) is 13.7 Å². The number of amides is 1. The minimum absolute atomic E-state index is 0.0909. The second-order valence-electron chi connectivity index (χ2n) is 5.57. The maximum Gasteiger partial charge on any atom is 0.251 e. The Morgan fingerprint density at radius 1 is 1.21 bits per heavy atom. The van der Waals surface area contributed by atoms with Crippen molar-refractivity contribution >= 4 is 17.0 Å². The minimum atomic E-state index is -0.0909. The number of aromatic nitrogens is 1. The van der Waals surface area contributed by atoms with Crippen LogP contribution in [0.3, 0.4) is 0 Å². The van der Waals surface area contributed by atoms with Gasteiger partial charge in [0, 0.05) is 18.5 Å². The Balaban J connectivity index is 1.78. The molecule has 5 heteroatoms. The number of oxazole rings is 1. The molecule has 1 amide bonds. The maximum absolute atomic E-state index is 12.0. The first-order valence-corrected chi connectivity index (χ1v) is 8.00. The number of nitrogens with zero attached hydrogens (tertiary/aromatic N) is 1. The van der Waals surface area contributed by atoms with Crippen LogP contribution in [0.5, 0.6) is 5.75 Å². The van der Waals surface area contributed by atoms with E-state index in [1.165, 1.54) is 0 Å². The summed E-state index contributed by atoms with van der Waals surface area (Å²) in [4.78, 5) is 16.5. The Labute approximate surface area is 140 Å². The molecule has 1 aromatic heterocycles. The van der Waals surface area contributed by atoms with Crippen LogP contribution in [0.4, 0.5) is 0 Å². The summed E-state index contributed by atoms with van der Waals surface area (Å²) in [5.74, 6) is 1.35. The molecule has 1 N–H and O–H groups in total. The van der Waals surface area contributed by atoms with Crippen LogP contribution in [0.15, 0.2) is 46.9 Å². The van der Waals surface area contributed by atoms with Crippen LogP contribution in [0.2, 0.25) is 0 Å². The van der Waals surface area contributed by atoms with E-state index in [0.717, 1.165) is 23.3 Å². The molecule has 0 aliphatic carbocycles. The van der Waals surface area contributed by atoms with Crippen LogP contribution >= 0.6 is 0 Å². The van der Waals surface area contributed by atoms with Crippen LogP contribution in [0.1, 0.15) is 35.2 Å². The van der Waals surface area contributed by atoms with E-state index >= 15 is 0 Å². The van der Waals surface area contributed by atoms with Crippen LogP contribution in [-0.2, 0) is 6.42 Å². The molecule has 0 saturated carbocycles. The Morgan fingerprint density at radius 2 is 2.00 bits per heavy atom. The summed E-state index contributed by atoms with van der Waals surface area (Å²) in [7, 11) is 1.64. The first kappa shape index (κ1) is 16.1. The van der Waals surface area contributed by atoms with Crippen molar-refractivity contribution in [3.05, 3.63) is 59.5 Å². The zero-order valence-electron chi connectivity index (χ0n) is 13.8. The molecule has 0 aliphatic heterocycles. The van der Waals surface area contributed by atoms with E-state index in [9.17, 15) is 4.79 Å². The van der Waals surface area contributed by atoms with Gasteiger partial charge >= 0.3 is 0 Å². The normalized spacial score (nSPS) is 10.8. The third-order valence-corrected chi connectivity index (χ3v) is 3.74. The Hall–Kier alpha value is -2.82. The fourth-order valence-electron chi connectivity index (χ4n) is 2.45. The number of benzene rings is 2. The van der Waals surface area contributed by atoms with Gasteiger partial charge in [-0.25, -0.2) is 4.98 Å². The quantitative estimate of drug-likeness (QED) is 0.753. The lowest BCUT2D eigenvalue weighted by Gasteiger charge is -2.02. The monoisotopic (exact) mass is 324 g/mol. The summed E-state index contributed by atoms with van der Waals surface area (Å²) in [6.45, 7) is 2.68. The van der Waals surface area contributed by atoms with Crippen molar-refractivity contribution < 1.29 is 13.9 Å². The number of methoxy groups -OCH3 is 1. The van der Waals surface area contributed by atoms with Gasteiger partial charge in [-0.3, -0.25) is 4.79 Å². The van der Waals surface area contributed by atoms with Gasteiger partial charge in [0.1, 0.15) is 11.3 Å². The molecule has 0 unspecified atom stereocenters. The van der Waals surface area contributed by atoms with Gasteiger partial charge in [0.25, 0.3) is 5.91 Å². The second-order valence-corrected chi connectivity index (χ2v) is 5.57. The first-order valence-electron chi connectivity index (χ1n) is 8.00. The van der Waals surface area contributed by atoms with Gasteiger partial charge in [0.2, 0.25) is 0 Å². The van der Waals surface area contributed by atoms with E-state index in [0.29, 0.717) is 30.0 Å². The zero-order valence-corrected chi connectivity index (χ0v) is 13.8. The summed E-state index contributed by atoms with van der Waals surface area (Å²) >= 11 is 0. The van der Waals surface area contributed by atoms with Gasteiger partial charge in [-0.1, -0.05) is 19.1 Å².